The van der Waals surface area contributed by atoms with E-state index in [1.54, 1.807) is 0 Å². The van der Waals surface area contributed by atoms with Gasteiger partial charge >= 0.3 is 0 Å². The highest BCUT2D eigenvalue weighted by Gasteiger charge is 2.45. The van der Waals surface area contributed by atoms with Crippen molar-refractivity contribution in [2.75, 3.05) is 5.32 Å². The van der Waals surface area contributed by atoms with Crippen molar-refractivity contribution in [1.82, 2.24) is 0 Å². The van der Waals surface area contributed by atoms with E-state index in [1.807, 2.05) is 19.9 Å². The Bertz CT molecular complexity index is 455. The highest BCUT2D eigenvalue weighted by molar-refractivity contribution is 9.10. The van der Waals surface area contributed by atoms with Crippen molar-refractivity contribution in [2.45, 2.75) is 32.1 Å². The SMILES string of the molecule is CCC1(CC)C(=O)Nc2c(F)cc(Br)cc21. The Morgan fingerprint density at radius 1 is 1.38 bits per heavy atom. The Morgan fingerprint density at radius 3 is 2.56 bits per heavy atom. The number of carbonyl (C=O) groups is 1. The molecule has 0 radical (unpaired) electrons. The normalized spacial score (nSPS) is 17.1. The topological polar surface area (TPSA) is 29.1 Å². The number of amides is 1. The molecule has 0 bridgehead atoms. The first-order chi connectivity index (χ1) is 7.55. The molecule has 1 amide bonds. The van der Waals surface area contributed by atoms with Crippen LogP contribution in [0, 0.1) is 5.82 Å². The van der Waals surface area contributed by atoms with Crippen LogP contribution in [0.1, 0.15) is 32.3 Å². The summed E-state index contributed by atoms with van der Waals surface area (Å²) in [5, 5.41) is 2.65. The van der Waals surface area contributed by atoms with E-state index in [4.69, 9.17) is 0 Å². The Morgan fingerprint density at radius 2 is 2.00 bits per heavy atom. The van der Waals surface area contributed by atoms with Gasteiger partial charge in [0.05, 0.1) is 11.1 Å². The quantitative estimate of drug-likeness (QED) is 0.884. The highest BCUT2D eigenvalue weighted by atomic mass is 79.9. The molecule has 1 aromatic carbocycles. The molecule has 0 saturated heterocycles. The van der Waals surface area contributed by atoms with Crippen molar-refractivity contribution < 1.29 is 9.18 Å². The Labute approximate surface area is 102 Å². The number of fused-ring (bicyclic) bond motifs is 1. The lowest BCUT2D eigenvalue weighted by Crippen LogP contribution is -2.32. The summed E-state index contributed by atoms with van der Waals surface area (Å²) >= 11 is 3.27. The molecule has 4 heteroatoms. The second-order valence-corrected chi connectivity index (χ2v) is 4.97. The average molecular weight is 286 g/mol. The van der Waals surface area contributed by atoms with Crippen LogP contribution < -0.4 is 5.32 Å². The fraction of sp³-hybridized carbons (Fsp3) is 0.417. The van der Waals surface area contributed by atoms with Gasteiger partial charge in [-0.25, -0.2) is 4.39 Å². The first-order valence-electron chi connectivity index (χ1n) is 5.36. The lowest BCUT2D eigenvalue weighted by molar-refractivity contribution is -0.121. The van der Waals surface area contributed by atoms with Gasteiger partial charge in [0.25, 0.3) is 0 Å². The molecule has 16 heavy (non-hydrogen) atoms. The van der Waals surface area contributed by atoms with Crippen molar-refractivity contribution >= 4 is 27.5 Å². The molecule has 2 rings (SSSR count). The van der Waals surface area contributed by atoms with E-state index < -0.39 is 5.41 Å². The number of hydrogen-bond acceptors (Lipinski definition) is 1. The maximum Gasteiger partial charge on any atom is 0.235 e. The third-order valence-electron chi connectivity index (χ3n) is 3.45. The predicted molar refractivity (Wildman–Crippen MR) is 65.0 cm³/mol. The molecule has 0 atom stereocenters. The maximum atomic E-state index is 13.7. The molecule has 1 aliphatic rings. The highest BCUT2D eigenvalue weighted by Crippen LogP contribution is 2.44. The van der Waals surface area contributed by atoms with Gasteiger partial charge < -0.3 is 5.32 Å². The summed E-state index contributed by atoms with van der Waals surface area (Å²) in [6, 6.07) is 3.21. The molecule has 1 heterocycles. The Hall–Kier alpha value is -0.900. The molecule has 0 aromatic heterocycles. The first-order valence-corrected chi connectivity index (χ1v) is 6.15. The van der Waals surface area contributed by atoms with Crippen LogP contribution in [0.5, 0.6) is 0 Å². The van der Waals surface area contributed by atoms with Gasteiger partial charge in [0.15, 0.2) is 0 Å². The summed E-state index contributed by atoms with van der Waals surface area (Å²) in [6.07, 6.45) is 1.36. The van der Waals surface area contributed by atoms with E-state index in [0.29, 0.717) is 23.0 Å². The fourth-order valence-electron chi connectivity index (χ4n) is 2.39. The maximum absolute atomic E-state index is 13.7. The van der Waals surface area contributed by atoms with E-state index >= 15 is 0 Å². The minimum Gasteiger partial charge on any atom is -0.323 e. The third-order valence-corrected chi connectivity index (χ3v) is 3.91. The van der Waals surface area contributed by atoms with Gasteiger partial charge in [-0.1, -0.05) is 29.8 Å². The second kappa shape index (κ2) is 3.84. The Balaban J connectivity index is 2.69. The molecule has 0 aliphatic carbocycles. The van der Waals surface area contributed by atoms with Gasteiger partial charge in [-0.05, 0) is 30.5 Å². The number of carbonyl (C=O) groups excluding carboxylic acids is 1. The lowest BCUT2D eigenvalue weighted by Gasteiger charge is -2.24. The molecule has 0 saturated carbocycles. The molecule has 0 spiro atoms. The van der Waals surface area contributed by atoms with Crippen molar-refractivity contribution in [3.05, 3.63) is 28.0 Å². The molecule has 0 fully saturated rings. The monoisotopic (exact) mass is 285 g/mol. The van der Waals surface area contributed by atoms with Gasteiger partial charge in [-0.15, -0.1) is 0 Å². The summed E-state index contributed by atoms with van der Waals surface area (Å²) in [6.45, 7) is 3.91. The number of halogens is 2. The van der Waals surface area contributed by atoms with Gasteiger partial charge in [-0.3, -0.25) is 4.79 Å². The van der Waals surface area contributed by atoms with Crippen molar-refractivity contribution in [2.24, 2.45) is 0 Å². The summed E-state index contributed by atoms with van der Waals surface area (Å²) in [4.78, 5) is 12.0. The van der Waals surface area contributed by atoms with Crippen molar-refractivity contribution in [3.63, 3.8) is 0 Å². The zero-order chi connectivity index (χ0) is 11.9. The molecule has 1 N–H and O–H groups in total. The van der Waals surface area contributed by atoms with Gasteiger partial charge in [0.2, 0.25) is 5.91 Å². The van der Waals surface area contributed by atoms with Gasteiger partial charge in [0.1, 0.15) is 5.82 Å². The van der Waals surface area contributed by atoms with Crippen LogP contribution in [0.4, 0.5) is 10.1 Å². The minimum atomic E-state index is -0.569. The van der Waals surface area contributed by atoms with Crippen molar-refractivity contribution in [3.8, 4) is 0 Å². The number of benzene rings is 1. The van der Waals surface area contributed by atoms with Crippen LogP contribution in [0.2, 0.25) is 0 Å². The van der Waals surface area contributed by atoms with Gasteiger partial charge in [0, 0.05) is 4.47 Å². The standard InChI is InChI=1S/C12H13BrFNO/c1-3-12(4-2)8-5-7(13)6-9(14)10(8)15-11(12)16/h5-6H,3-4H2,1-2H3,(H,15,16). The molecular formula is C12H13BrFNO. The van der Waals surface area contributed by atoms with E-state index in [-0.39, 0.29) is 11.7 Å². The Kier molecular flexibility index (Phi) is 2.78. The van der Waals surface area contributed by atoms with Crippen molar-refractivity contribution in [1.29, 1.82) is 0 Å². The van der Waals surface area contributed by atoms with E-state index in [9.17, 15) is 9.18 Å². The summed E-state index contributed by atoms with van der Waals surface area (Å²) in [5.74, 6) is -0.467. The summed E-state index contributed by atoms with van der Waals surface area (Å²) in [5.41, 5.74) is 0.547. The minimum absolute atomic E-state index is 0.0931. The molecule has 86 valence electrons. The van der Waals surface area contributed by atoms with Crippen LogP contribution in [-0.4, -0.2) is 5.91 Å². The van der Waals surface area contributed by atoms with Crippen LogP contribution in [0.25, 0.3) is 0 Å². The second-order valence-electron chi connectivity index (χ2n) is 4.05. The largest absolute Gasteiger partial charge is 0.323 e. The van der Waals surface area contributed by atoms with Crippen LogP contribution in [0.15, 0.2) is 16.6 Å². The van der Waals surface area contributed by atoms with E-state index in [1.165, 1.54) is 6.07 Å². The fourth-order valence-corrected chi connectivity index (χ4v) is 2.82. The van der Waals surface area contributed by atoms with Crippen LogP contribution in [0.3, 0.4) is 0 Å². The number of nitrogens with one attached hydrogen (secondary N) is 1. The first kappa shape index (κ1) is 11.6. The molecule has 0 unspecified atom stereocenters. The smallest absolute Gasteiger partial charge is 0.235 e. The van der Waals surface area contributed by atoms with Crippen LogP contribution >= 0.6 is 15.9 Å². The third kappa shape index (κ3) is 1.39. The number of rotatable bonds is 2. The average Bonchev–Trinajstić information content (AvgIpc) is 2.52. The molecule has 1 aromatic rings. The number of anilines is 1. The molecular weight excluding hydrogens is 273 g/mol. The molecule has 2 nitrogen and oxygen atoms in total. The molecule has 1 aliphatic heterocycles. The number of hydrogen-bond donors (Lipinski definition) is 1. The zero-order valence-corrected chi connectivity index (χ0v) is 10.8. The lowest BCUT2D eigenvalue weighted by atomic mass is 9.77. The van der Waals surface area contributed by atoms with Crippen LogP contribution in [-0.2, 0) is 10.2 Å². The predicted octanol–water partition coefficient (Wildman–Crippen LogP) is 3.60. The van der Waals surface area contributed by atoms with E-state index in [2.05, 4.69) is 21.2 Å². The van der Waals surface area contributed by atoms with E-state index in [0.717, 1.165) is 5.56 Å². The summed E-state index contributed by atoms with van der Waals surface area (Å²) < 4.78 is 14.4. The summed E-state index contributed by atoms with van der Waals surface area (Å²) in [7, 11) is 0. The van der Waals surface area contributed by atoms with Gasteiger partial charge in [-0.2, -0.15) is 0 Å². The zero-order valence-electron chi connectivity index (χ0n) is 9.23.